The van der Waals surface area contributed by atoms with Gasteiger partial charge in [0.25, 0.3) is 0 Å². The Kier molecular flexibility index (Phi) is 3.24. The van der Waals surface area contributed by atoms with E-state index in [-0.39, 0.29) is 5.91 Å². The van der Waals surface area contributed by atoms with Gasteiger partial charge in [-0.1, -0.05) is 12.1 Å². The molecule has 0 fully saturated rings. The summed E-state index contributed by atoms with van der Waals surface area (Å²) in [6, 6.07) is 12.2. The monoisotopic (exact) mass is 321 g/mol. The third kappa shape index (κ3) is 2.70. The number of oxazole rings is 2. The number of fused-ring (bicyclic) bond motifs is 2. The van der Waals surface area contributed by atoms with Crippen molar-refractivity contribution in [2.75, 3.05) is 5.32 Å². The summed E-state index contributed by atoms with van der Waals surface area (Å²) in [7, 11) is 0. The molecule has 2 aromatic heterocycles. The molecule has 0 aliphatic carbocycles. The van der Waals surface area contributed by atoms with Crippen molar-refractivity contribution in [2.45, 2.75) is 0 Å². The molecule has 2 N–H and O–H groups in total. The van der Waals surface area contributed by atoms with E-state index in [1.54, 1.807) is 24.3 Å². The zero-order valence-electron chi connectivity index (χ0n) is 12.3. The van der Waals surface area contributed by atoms with Crippen LogP contribution in [-0.4, -0.2) is 15.9 Å². The van der Waals surface area contributed by atoms with E-state index < -0.39 is 5.76 Å². The number of aromatic nitrogens is 2. The summed E-state index contributed by atoms with van der Waals surface area (Å²) in [5, 5.41) is 2.69. The van der Waals surface area contributed by atoms with Crippen LogP contribution in [0.1, 0.15) is 5.89 Å². The summed E-state index contributed by atoms with van der Waals surface area (Å²) >= 11 is 0. The fourth-order valence-electron chi connectivity index (χ4n) is 2.32. The summed E-state index contributed by atoms with van der Waals surface area (Å²) in [6.07, 6.45) is 2.82. The standard InChI is InChI=1S/C17H11N3O4/c21-15(7-8-16-19-11-3-1-2-4-13(11)23-16)18-10-5-6-14-12(9-10)20-17(22)24-14/h1-9H,(H,18,21)(H,20,22)/b8-7+. The summed E-state index contributed by atoms with van der Waals surface area (Å²) in [5.41, 5.74) is 2.87. The fourth-order valence-corrected chi connectivity index (χ4v) is 2.32. The number of nitrogens with zero attached hydrogens (tertiary/aromatic N) is 1. The van der Waals surface area contributed by atoms with Crippen molar-refractivity contribution in [1.82, 2.24) is 9.97 Å². The summed E-state index contributed by atoms with van der Waals surface area (Å²) < 4.78 is 10.4. The van der Waals surface area contributed by atoms with E-state index in [2.05, 4.69) is 15.3 Å². The van der Waals surface area contributed by atoms with Gasteiger partial charge >= 0.3 is 5.76 Å². The number of hydrogen-bond acceptors (Lipinski definition) is 5. The molecule has 0 aliphatic rings. The average Bonchev–Trinajstić information content (AvgIpc) is 3.14. The quantitative estimate of drug-likeness (QED) is 0.565. The number of anilines is 1. The van der Waals surface area contributed by atoms with E-state index in [0.717, 1.165) is 5.52 Å². The second-order valence-corrected chi connectivity index (χ2v) is 5.07. The van der Waals surface area contributed by atoms with E-state index in [9.17, 15) is 9.59 Å². The van der Waals surface area contributed by atoms with Crippen LogP contribution < -0.4 is 11.1 Å². The number of rotatable bonds is 3. The van der Waals surface area contributed by atoms with Gasteiger partial charge in [-0.2, -0.15) is 0 Å². The predicted octanol–water partition coefficient (Wildman–Crippen LogP) is 2.91. The zero-order valence-corrected chi connectivity index (χ0v) is 12.3. The Labute approximate surface area is 134 Å². The molecule has 0 radical (unpaired) electrons. The van der Waals surface area contributed by atoms with E-state index in [1.165, 1.54) is 12.2 Å². The van der Waals surface area contributed by atoms with Gasteiger partial charge in [-0.15, -0.1) is 0 Å². The Morgan fingerprint density at radius 3 is 2.88 bits per heavy atom. The third-order valence-corrected chi connectivity index (χ3v) is 3.37. The minimum absolute atomic E-state index is 0.345. The average molecular weight is 321 g/mol. The minimum atomic E-state index is -0.538. The first kappa shape index (κ1) is 14.0. The SMILES string of the molecule is O=C(/C=C/c1nc2ccccc2o1)Nc1ccc2oc(=O)[nH]c2c1. The summed E-state index contributed by atoms with van der Waals surface area (Å²) in [6.45, 7) is 0. The molecule has 2 aromatic carbocycles. The van der Waals surface area contributed by atoms with Crippen LogP contribution in [0.4, 0.5) is 5.69 Å². The highest BCUT2D eigenvalue weighted by Gasteiger charge is 2.05. The van der Waals surface area contributed by atoms with Crippen molar-refractivity contribution >= 4 is 39.9 Å². The van der Waals surface area contributed by atoms with Crippen LogP contribution in [0, 0.1) is 0 Å². The summed E-state index contributed by atoms with van der Waals surface area (Å²) in [5.74, 6) is -0.534. The maximum absolute atomic E-state index is 12.0. The first-order valence-corrected chi connectivity index (χ1v) is 7.15. The first-order valence-electron chi connectivity index (χ1n) is 7.15. The van der Waals surface area contributed by atoms with E-state index >= 15 is 0 Å². The second kappa shape index (κ2) is 5.54. The lowest BCUT2D eigenvalue weighted by Gasteiger charge is -2.00. The molecule has 0 saturated heterocycles. The van der Waals surface area contributed by atoms with Crippen LogP contribution >= 0.6 is 0 Å². The van der Waals surface area contributed by atoms with Crippen LogP contribution in [-0.2, 0) is 4.79 Å². The molecule has 4 aromatic rings. The highest BCUT2D eigenvalue weighted by atomic mass is 16.4. The Morgan fingerprint density at radius 2 is 2.00 bits per heavy atom. The van der Waals surface area contributed by atoms with Gasteiger partial charge in [-0.3, -0.25) is 9.78 Å². The van der Waals surface area contributed by atoms with E-state index in [0.29, 0.717) is 28.3 Å². The topological polar surface area (TPSA) is 101 Å². The first-order chi connectivity index (χ1) is 11.7. The molecule has 1 amide bonds. The lowest BCUT2D eigenvalue weighted by molar-refractivity contribution is -0.111. The minimum Gasteiger partial charge on any atom is -0.437 e. The van der Waals surface area contributed by atoms with Gasteiger partial charge in [0.1, 0.15) is 5.52 Å². The van der Waals surface area contributed by atoms with Gasteiger partial charge in [-0.25, -0.2) is 9.78 Å². The van der Waals surface area contributed by atoms with Crippen LogP contribution in [0.15, 0.2) is 62.2 Å². The number of hydrogen-bond donors (Lipinski definition) is 2. The molecule has 24 heavy (non-hydrogen) atoms. The lowest BCUT2D eigenvalue weighted by Crippen LogP contribution is -2.07. The van der Waals surface area contributed by atoms with Crippen molar-refractivity contribution in [3.8, 4) is 0 Å². The molecule has 0 unspecified atom stereocenters. The molecule has 7 heteroatoms. The van der Waals surface area contributed by atoms with Gasteiger partial charge in [0, 0.05) is 17.8 Å². The van der Waals surface area contributed by atoms with Crippen molar-refractivity contribution < 1.29 is 13.6 Å². The number of amides is 1. The normalized spacial score (nSPS) is 11.5. The molecule has 7 nitrogen and oxygen atoms in total. The van der Waals surface area contributed by atoms with Gasteiger partial charge in [0.15, 0.2) is 11.2 Å². The van der Waals surface area contributed by atoms with Crippen molar-refractivity contribution in [3.63, 3.8) is 0 Å². The van der Waals surface area contributed by atoms with Gasteiger partial charge in [-0.05, 0) is 30.3 Å². The van der Waals surface area contributed by atoms with Gasteiger partial charge in [0.2, 0.25) is 11.8 Å². The Hall–Kier alpha value is -3.61. The molecule has 0 atom stereocenters. The molecule has 118 valence electrons. The molecular weight excluding hydrogens is 310 g/mol. The van der Waals surface area contributed by atoms with Gasteiger partial charge < -0.3 is 14.2 Å². The number of para-hydroxylation sites is 2. The maximum Gasteiger partial charge on any atom is 0.417 e. The maximum atomic E-state index is 12.0. The van der Waals surface area contributed by atoms with Crippen LogP contribution in [0.2, 0.25) is 0 Å². The van der Waals surface area contributed by atoms with Gasteiger partial charge in [0.05, 0.1) is 5.52 Å². The third-order valence-electron chi connectivity index (χ3n) is 3.37. The molecule has 0 saturated carbocycles. The van der Waals surface area contributed by atoms with Crippen molar-refractivity contribution in [2.24, 2.45) is 0 Å². The number of carbonyl (C=O) groups excluding carboxylic acids is 1. The Bertz CT molecular complexity index is 1100. The lowest BCUT2D eigenvalue weighted by atomic mass is 10.3. The molecule has 0 bridgehead atoms. The zero-order chi connectivity index (χ0) is 16.5. The number of carbonyl (C=O) groups is 1. The highest BCUT2D eigenvalue weighted by molar-refractivity contribution is 6.02. The molecule has 0 spiro atoms. The molecule has 2 heterocycles. The molecular formula is C17H11N3O4. The smallest absolute Gasteiger partial charge is 0.417 e. The Balaban J connectivity index is 1.51. The fraction of sp³-hybridized carbons (Fsp3) is 0. The number of H-pyrrole nitrogens is 1. The summed E-state index contributed by atoms with van der Waals surface area (Å²) in [4.78, 5) is 29.9. The highest BCUT2D eigenvalue weighted by Crippen LogP contribution is 2.17. The van der Waals surface area contributed by atoms with Crippen molar-refractivity contribution in [3.05, 3.63) is 65.0 Å². The number of nitrogens with one attached hydrogen (secondary N) is 2. The van der Waals surface area contributed by atoms with Crippen molar-refractivity contribution in [1.29, 1.82) is 0 Å². The number of benzene rings is 2. The molecule has 0 aliphatic heterocycles. The van der Waals surface area contributed by atoms with Crippen LogP contribution in [0.25, 0.3) is 28.3 Å². The van der Waals surface area contributed by atoms with Crippen LogP contribution in [0.3, 0.4) is 0 Å². The molecule has 4 rings (SSSR count). The van der Waals surface area contributed by atoms with Crippen LogP contribution in [0.5, 0.6) is 0 Å². The number of aromatic amines is 1. The Morgan fingerprint density at radius 1 is 1.12 bits per heavy atom. The van der Waals surface area contributed by atoms with E-state index in [1.807, 2.05) is 18.2 Å². The predicted molar refractivity (Wildman–Crippen MR) is 88.5 cm³/mol. The second-order valence-electron chi connectivity index (χ2n) is 5.07. The largest absolute Gasteiger partial charge is 0.437 e. The van der Waals surface area contributed by atoms with E-state index in [4.69, 9.17) is 8.83 Å².